The molecule has 2 N–H and O–H groups in total. The van der Waals surface area contributed by atoms with E-state index in [1.807, 2.05) is 12.1 Å². The number of fused-ring (bicyclic) bond motifs is 1. The van der Waals surface area contributed by atoms with Gasteiger partial charge in [0, 0.05) is 19.6 Å². The number of nitrogens with one attached hydrogen (secondary N) is 1. The summed E-state index contributed by atoms with van der Waals surface area (Å²) in [5, 5.41) is 17.5. The van der Waals surface area contributed by atoms with Gasteiger partial charge in [0.25, 0.3) is 0 Å². The summed E-state index contributed by atoms with van der Waals surface area (Å²) in [5.74, 6) is -0.160. The van der Waals surface area contributed by atoms with Gasteiger partial charge in [-0.25, -0.2) is 9.50 Å². The lowest BCUT2D eigenvalue weighted by atomic mass is 9.90. The van der Waals surface area contributed by atoms with Crippen LogP contribution in [0.1, 0.15) is 67.2 Å². The van der Waals surface area contributed by atoms with Crippen LogP contribution in [-0.4, -0.2) is 62.9 Å². The highest BCUT2D eigenvalue weighted by Gasteiger charge is 2.32. The molecule has 4 aromatic rings. The third kappa shape index (κ3) is 6.94. The molecule has 1 aliphatic rings. The van der Waals surface area contributed by atoms with E-state index in [1.54, 1.807) is 24.6 Å². The van der Waals surface area contributed by atoms with Gasteiger partial charge in [0.05, 0.1) is 18.0 Å². The molecular weight excluding hydrogens is 514 g/mol. The highest BCUT2D eigenvalue weighted by Crippen LogP contribution is 2.31. The summed E-state index contributed by atoms with van der Waals surface area (Å²) in [5.41, 5.74) is 4.98. The van der Waals surface area contributed by atoms with E-state index in [9.17, 15) is 9.90 Å². The topological polar surface area (TPSA) is 92.0 Å². The van der Waals surface area contributed by atoms with Crippen molar-refractivity contribution in [2.24, 2.45) is 0 Å². The zero-order chi connectivity index (χ0) is 29.0. The molecule has 0 amide bonds. The van der Waals surface area contributed by atoms with Gasteiger partial charge >= 0.3 is 5.97 Å². The first-order chi connectivity index (χ1) is 19.7. The number of rotatable bonds is 11. The van der Waals surface area contributed by atoms with E-state index in [-0.39, 0.29) is 12.2 Å². The molecule has 5 rings (SSSR count). The number of aromatic nitrogens is 3. The third-order valence-electron chi connectivity index (χ3n) is 8.08. The summed E-state index contributed by atoms with van der Waals surface area (Å²) in [6.07, 6.45) is 4.93. The van der Waals surface area contributed by atoms with Crippen LogP contribution in [0.2, 0.25) is 0 Å². The second kappa shape index (κ2) is 12.4. The summed E-state index contributed by atoms with van der Waals surface area (Å²) >= 11 is 0. The maximum absolute atomic E-state index is 11.6. The number of hydrogen-bond acceptors (Lipinski definition) is 6. The maximum atomic E-state index is 11.6. The van der Waals surface area contributed by atoms with Crippen molar-refractivity contribution in [3.63, 3.8) is 0 Å². The zero-order valence-corrected chi connectivity index (χ0v) is 24.5. The SMILES string of the molecule is Cc1ccc(C(OC2CCN(CCCNc3ccc4nc(C(C)(C)C(=O)O)cn4n3)CC2)c2ccc(C)cc2)cc1. The fourth-order valence-electron chi connectivity index (χ4n) is 5.20. The van der Waals surface area contributed by atoms with Gasteiger partial charge in [-0.2, -0.15) is 0 Å². The number of imidazole rings is 1. The minimum absolute atomic E-state index is 0.0523. The quantitative estimate of drug-likeness (QED) is 0.227. The number of hydrogen-bond donors (Lipinski definition) is 2. The predicted molar refractivity (Wildman–Crippen MR) is 162 cm³/mol. The lowest BCUT2D eigenvalue weighted by molar-refractivity contribution is -0.142. The van der Waals surface area contributed by atoms with Crippen LogP contribution in [0.5, 0.6) is 0 Å². The molecule has 1 saturated heterocycles. The first-order valence-electron chi connectivity index (χ1n) is 14.5. The number of carbonyl (C=O) groups is 1. The fraction of sp³-hybridized carbons (Fsp3) is 0.424. The second-order valence-electron chi connectivity index (χ2n) is 11.7. The van der Waals surface area contributed by atoms with Crippen LogP contribution in [0.25, 0.3) is 5.65 Å². The minimum Gasteiger partial charge on any atom is -0.481 e. The van der Waals surface area contributed by atoms with Crippen molar-refractivity contribution < 1.29 is 14.6 Å². The van der Waals surface area contributed by atoms with E-state index >= 15 is 0 Å². The van der Waals surface area contributed by atoms with Crippen LogP contribution in [0.3, 0.4) is 0 Å². The Kier molecular flexibility index (Phi) is 8.71. The van der Waals surface area contributed by atoms with E-state index < -0.39 is 11.4 Å². The van der Waals surface area contributed by atoms with Crippen LogP contribution in [0.15, 0.2) is 66.9 Å². The second-order valence-corrected chi connectivity index (χ2v) is 11.7. The Labute approximate surface area is 242 Å². The number of aliphatic carboxylic acids is 1. The Hall–Kier alpha value is -3.75. The molecule has 1 aliphatic heterocycles. The number of likely N-dealkylation sites (tertiary alicyclic amines) is 1. The van der Waals surface area contributed by atoms with Gasteiger partial charge in [0.15, 0.2) is 5.65 Å². The minimum atomic E-state index is -1.07. The molecule has 8 heteroatoms. The summed E-state index contributed by atoms with van der Waals surface area (Å²) < 4.78 is 8.41. The molecule has 0 bridgehead atoms. The number of anilines is 1. The largest absolute Gasteiger partial charge is 0.481 e. The normalized spacial score (nSPS) is 15.0. The van der Waals surface area contributed by atoms with Gasteiger partial charge in [0.2, 0.25) is 0 Å². The monoisotopic (exact) mass is 555 g/mol. The number of nitrogens with zero attached hydrogens (tertiary/aromatic N) is 4. The van der Waals surface area contributed by atoms with Crippen molar-refractivity contribution in [2.75, 3.05) is 31.5 Å². The first-order valence-corrected chi connectivity index (χ1v) is 14.5. The average Bonchev–Trinajstić information content (AvgIpc) is 3.40. The molecule has 0 unspecified atom stereocenters. The number of aryl methyl sites for hydroxylation is 2. The van der Waals surface area contributed by atoms with Crippen molar-refractivity contribution in [3.05, 3.63) is 94.8 Å². The Balaban J connectivity index is 1.10. The van der Waals surface area contributed by atoms with Crippen molar-refractivity contribution in [1.82, 2.24) is 19.5 Å². The molecule has 8 nitrogen and oxygen atoms in total. The summed E-state index contributed by atoms with van der Waals surface area (Å²) in [6, 6.07) is 21.2. The number of benzene rings is 2. The van der Waals surface area contributed by atoms with Gasteiger partial charge in [-0.05, 0) is 76.8 Å². The molecule has 0 radical (unpaired) electrons. The number of piperidine rings is 1. The number of ether oxygens (including phenoxy) is 1. The van der Waals surface area contributed by atoms with Crippen LogP contribution in [-0.2, 0) is 14.9 Å². The molecule has 0 aliphatic carbocycles. The molecule has 0 atom stereocenters. The Morgan fingerprint density at radius 1 is 1.00 bits per heavy atom. The lowest BCUT2D eigenvalue weighted by Gasteiger charge is -2.34. The van der Waals surface area contributed by atoms with Crippen LogP contribution in [0.4, 0.5) is 5.82 Å². The van der Waals surface area contributed by atoms with Gasteiger partial charge < -0.3 is 20.1 Å². The van der Waals surface area contributed by atoms with E-state index in [4.69, 9.17) is 4.74 Å². The molecular formula is C33H41N5O3. The van der Waals surface area contributed by atoms with E-state index in [0.717, 1.165) is 51.3 Å². The average molecular weight is 556 g/mol. The number of carboxylic acids is 1. The van der Waals surface area contributed by atoms with Crippen molar-refractivity contribution in [3.8, 4) is 0 Å². The van der Waals surface area contributed by atoms with Crippen molar-refractivity contribution in [1.29, 1.82) is 0 Å². The van der Waals surface area contributed by atoms with Crippen LogP contribution in [0, 0.1) is 13.8 Å². The van der Waals surface area contributed by atoms with Gasteiger partial charge in [0.1, 0.15) is 17.3 Å². The fourth-order valence-corrected chi connectivity index (χ4v) is 5.20. The van der Waals surface area contributed by atoms with Gasteiger partial charge in [-0.3, -0.25) is 4.79 Å². The van der Waals surface area contributed by atoms with Gasteiger partial charge in [-0.15, -0.1) is 5.10 Å². The predicted octanol–water partition coefficient (Wildman–Crippen LogP) is 5.78. The highest BCUT2D eigenvalue weighted by molar-refractivity contribution is 5.79. The summed E-state index contributed by atoms with van der Waals surface area (Å²) in [6.45, 7) is 11.4. The first kappa shape index (κ1) is 28.8. The van der Waals surface area contributed by atoms with Crippen LogP contribution < -0.4 is 5.32 Å². The lowest BCUT2D eigenvalue weighted by Crippen LogP contribution is -2.38. The van der Waals surface area contributed by atoms with Crippen LogP contribution >= 0.6 is 0 Å². The molecule has 3 heterocycles. The summed E-state index contributed by atoms with van der Waals surface area (Å²) in [4.78, 5) is 18.5. The third-order valence-corrected chi connectivity index (χ3v) is 8.08. The van der Waals surface area contributed by atoms with E-state index in [0.29, 0.717) is 11.3 Å². The molecule has 41 heavy (non-hydrogen) atoms. The number of carboxylic acid groups (broad SMARTS) is 1. The molecule has 216 valence electrons. The molecule has 0 saturated carbocycles. The Bertz CT molecular complexity index is 1410. The van der Waals surface area contributed by atoms with E-state index in [1.165, 1.54) is 22.3 Å². The van der Waals surface area contributed by atoms with Crippen molar-refractivity contribution >= 4 is 17.4 Å². The zero-order valence-electron chi connectivity index (χ0n) is 24.5. The van der Waals surface area contributed by atoms with Gasteiger partial charge in [-0.1, -0.05) is 59.7 Å². The Morgan fingerprint density at radius 3 is 2.20 bits per heavy atom. The molecule has 1 fully saturated rings. The molecule has 2 aromatic heterocycles. The smallest absolute Gasteiger partial charge is 0.315 e. The highest BCUT2D eigenvalue weighted by atomic mass is 16.5. The van der Waals surface area contributed by atoms with E-state index in [2.05, 4.69) is 82.7 Å². The molecule has 0 spiro atoms. The maximum Gasteiger partial charge on any atom is 0.315 e. The van der Waals surface area contributed by atoms with Crippen molar-refractivity contribution in [2.45, 2.75) is 64.6 Å². The summed E-state index contributed by atoms with van der Waals surface area (Å²) in [7, 11) is 0. The Morgan fingerprint density at radius 2 is 1.61 bits per heavy atom. The standard InChI is InChI=1S/C33H41N5O3/c1-23-6-10-25(11-7-23)31(26-12-8-24(2)9-13-26)41-27-16-20-37(21-17-27)19-5-18-34-29-14-15-30-35-28(22-38(30)36-29)33(3,4)32(39)40/h6-15,22,27,31H,5,16-21H2,1-4H3,(H,34,36)(H,39,40). The molecule has 2 aromatic carbocycles.